The van der Waals surface area contributed by atoms with Gasteiger partial charge in [-0.05, 0) is 35.7 Å². The molecule has 1 aliphatic heterocycles. The lowest BCUT2D eigenvalue weighted by molar-refractivity contribution is -0.115. The van der Waals surface area contributed by atoms with E-state index >= 15 is 0 Å². The Morgan fingerprint density at radius 3 is 3.00 bits per heavy atom. The number of fused-ring (bicyclic) bond motifs is 1. The van der Waals surface area contributed by atoms with Crippen molar-refractivity contribution in [3.63, 3.8) is 0 Å². The largest absolute Gasteiger partial charge is 0.350 e. The van der Waals surface area contributed by atoms with Gasteiger partial charge in [0.25, 0.3) is 5.91 Å². The van der Waals surface area contributed by atoms with Gasteiger partial charge in [0.1, 0.15) is 5.69 Å². The molecule has 5 heteroatoms. The summed E-state index contributed by atoms with van der Waals surface area (Å²) < 4.78 is 0. The maximum Gasteiger partial charge on any atom is 0.269 e. The molecule has 0 bridgehead atoms. The van der Waals surface area contributed by atoms with Gasteiger partial charge in [-0.2, -0.15) is 0 Å². The van der Waals surface area contributed by atoms with Gasteiger partial charge in [-0.3, -0.25) is 14.6 Å². The zero-order chi connectivity index (χ0) is 14.7. The van der Waals surface area contributed by atoms with E-state index in [9.17, 15) is 9.59 Å². The Kier molecular flexibility index (Phi) is 3.64. The lowest BCUT2D eigenvalue weighted by Gasteiger charge is -2.06. The summed E-state index contributed by atoms with van der Waals surface area (Å²) in [7, 11) is 0. The molecule has 2 amide bonds. The monoisotopic (exact) mass is 281 g/mol. The van der Waals surface area contributed by atoms with Crippen LogP contribution in [0.2, 0.25) is 0 Å². The zero-order valence-corrected chi connectivity index (χ0v) is 11.4. The van der Waals surface area contributed by atoms with Gasteiger partial charge in [-0.1, -0.05) is 18.2 Å². The second-order valence-electron chi connectivity index (χ2n) is 4.94. The topological polar surface area (TPSA) is 71.1 Å². The van der Waals surface area contributed by atoms with Crippen LogP contribution in [0.5, 0.6) is 0 Å². The maximum absolute atomic E-state index is 11.8. The Hall–Kier alpha value is -2.69. The van der Waals surface area contributed by atoms with E-state index in [1.54, 1.807) is 24.4 Å². The number of benzene rings is 1. The van der Waals surface area contributed by atoms with E-state index in [1.807, 2.05) is 18.2 Å². The third kappa shape index (κ3) is 3.08. The van der Waals surface area contributed by atoms with Crippen LogP contribution in [0.15, 0.2) is 42.6 Å². The van der Waals surface area contributed by atoms with Gasteiger partial charge >= 0.3 is 0 Å². The number of anilines is 1. The number of aromatic nitrogens is 1. The fourth-order valence-electron chi connectivity index (χ4n) is 2.35. The molecule has 2 N–H and O–H groups in total. The van der Waals surface area contributed by atoms with Crippen molar-refractivity contribution in [2.24, 2.45) is 0 Å². The predicted octanol–water partition coefficient (Wildman–Crippen LogP) is 1.55. The highest BCUT2D eigenvalue weighted by atomic mass is 16.2. The number of carbonyl (C=O) groups is 2. The summed E-state index contributed by atoms with van der Waals surface area (Å²) in [6, 6.07) is 11.1. The molecule has 2 aromatic rings. The van der Waals surface area contributed by atoms with E-state index in [1.165, 1.54) is 0 Å². The molecule has 0 aliphatic carbocycles. The highest BCUT2D eigenvalue weighted by Gasteiger charge is 2.17. The van der Waals surface area contributed by atoms with Crippen molar-refractivity contribution in [1.82, 2.24) is 10.3 Å². The molecule has 1 aliphatic rings. The van der Waals surface area contributed by atoms with Gasteiger partial charge in [0, 0.05) is 18.4 Å². The molecule has 106 valence electrons. The van der Waals surface area contributed by atoms with Gasteiger partial charge in [0.2, 0.25) is 5.91 Å². The standard InChI is InChI=1S/C16H15N3O2/c20-15-10-12-9-11(4-5-13(12)19-15)6-8-18-16(21)14-3-1-2-7-17-14/h1-5,7,9H,6,8,10H2,(H,18,21)(H,19,20). The van der Waals surface area contributed by atoms with Crippen molar-refractivity contribution >= 4 is 17.5 Å². The Bertz CT molecular complexity index is 683. The SMILES string of the molecule is O=C1Cc2cc(CCNC(=O)c3ccccn3)ccc2N1. The smallest absolute Gasteiger partial charge is 0.269 e. The summed E-state index contributed by atoms with van der Waals surface area (Å²) >= 11 is 0. The van der Waals surface area contributed by atoms with Gasteiger partial charge in [-0.25, -0.2) is 0 Å². The van der Waals surface area contributed by atoms with Crippen molar-refractivity contribution in [1.29, 1.82) is 0 Å². The van der Waals surface area contributed by atoms with E-state index < -0.39 is 0 Å². The molecule has 0 fully saturated rings. The molecule has 0 radical (unpaired) electrons. The number of pyridine rings is 1. The third-order valence-electron chi connectivity index (χ3n) is 3.39. The predicted molar refractivity (Wildman–Crippen MR) is 79.0 cm³/mol. The first-order valence-corrected chi connectivity index (χ1v) is 6.83. The van der Waals surface area contributed by atoms with Crippen LogP contribution in [0.4, 0.5) is 5.69 Å². The lowest BCUT2D eigenvalue weighted by Crippen LogP contribution is -2.26. The van der Waals surface area contributed by atoms with Gasteiger partial charge < -0.3 is 10.6 Å². The fourth-order valence-corrected chi connectivity index (χ4v) is 2.35. The molecular formula is C16H15N3O2. The average molecular weight is 281 g/mol. The van der Waals surface area contributed by atoms with Crippen LogP contribution < -0.4 is 10.6 Å². The van der Waals surface area contributed by atoms with Crippen LogP contribution in [-0.4, -0.2) is 23.3 Å². The maximum atomic E-state index is 11.8. The van der Waals surface area contributed by atoms with E-state index in [0.29, 0.717) is 18.7 Å². The number of hydrogen-bond donors (Lipinski definition) is 2. The average Bonchev–Trinajstić information content (AvgIpc) is 2.87. The number of nitrogens with one attached hydrogen (secondary N) is 2. The van der Waals surface area contributed by atoms with Crippen LogP contribution >= 0.6 is 0 Å². The van der Waals surface area contributed by atoms with Crippen LogP contribution in [0.1, 0.15) is 21.6 Å². The number of carbonyl (C=O) groups excluding carboxylic acids is 2. The fraction of sp³-hybridized carbons (Fsp3) is 0.188. The lowest BCUT2D eigenvalue weighted by atomic mass is 10.1. The minimum absolute atomic E-state index is 0.0330. The van der Waals surface area contributed by atoms with Crippen LogP contribution in [0.25, 0.3) is 0 Å². The van der Waals surface area contributed by atoms with Crippen LogP contribution in [0, 0.1) is 0 Å². The first kappa shape index (κ1) is 13.3. The van der Waals surface area contributed by atoms with Crippen molar-refractivity contribution < 1.29 is 9.59 Å². The zero-order valence-electron chi connectivity index (χ0n) is 11.4. The highest BCUT2D eigenvalue weighted by molar-refractivity contribution is 5.99. The summed E-state index contributed by atoms with van der Waals surface area (Å²) in [6.45, 7) is 0.537. The molecule has 1 aromatic heterocycles. The number of amides is 2. The first-order chi connectivity index (χ1) is 10.2. The molecule has 0 saturated heterocycles. The number of rotatable bonds is 4. The van der Waals surface area contributed by atoms with Crippen LogP contribution in [0.3, 0.4) is 0 Å². The van der Waals surface area contributed by atoms with Gasteiger partial charge in [-0.15, -0.1) is 0 Å². The molecule has 21 heavy (non-hydrogen) atoms. The normalized spacial score (nSPS) is 12.7. The summed E-state index contributed by atoms with van der Waals surface area (Å²) in [5.41, 5.74) is 3.43. The summed E-state index contributed by atoms with van der Waals surface area (Å²) in [5, 5.41) is 5.64. The molecule has 0 unspecified atom stereocenters. The second kappa shape index (κ2) is 5.75. The highest BCUT2D eigenvalue weighted by Crippen LogP contribution is 2.23. The molecule has 3 rings (SSSR count). The van der Waals surface area contributed by atoms with E-state index in [0.717, 1.165) is 23.2 Å². The van der Waals surface area contributed by atoms with Crippen molar-refractivity contribution in [2.75, 3.05) is 11.9 Å². The molecule has 0 spiro atoms. The minimum atomic E-state index is -0.173. The van der Waals surface area contributed by atoms with E-state index in [4.69, 9.17) is 0 Å². The molecular weight excluding hydrogens is 266 g/mol. The number of hydrogen-bond acceptors (Lipinski definition) is 3. The molecule has 0 saturated carbocycles. The van der Waals surface area contributed by atoms with Crippen molar-refractivity contribution in [3.05, 3.63) is 59.4 Å². The summed E-state index contributed by atoms with van der Waals surface area (Å²) in [6.07, 6.45) is 2.75. The molecule has 1 aromatic carbocycles. The molecule has 0 atom stereocenters. The van der Waals surface area contributed by atoms with Gasteiger partial charge in [0.15, 0.2) is 0 Å². The quantitative estimate of drug-likeness (QED) is 0.893. The molecule has 5 nitrogen and oxygen atoms in total. The first-order valence-electron chi connectivity index (χ1n) is 6.83. The summed E-state index contributed by atoms with van der Waals surface area (Å²) in [4.78, 5) is 27.1. The van der Waals surface area contributed by atoms with Crippen molar-refractivity contribution in [3.8, 4) is 0 Å². The van der Waals surface area contributed by atoms with E-state index in [2.05, 4.69) is 15.6 Å². The Balaban J connectivity index is 1.56. The van der Waals surface area contributed by atoms with E-state index in [-0.39, 0.29) is 11.8 Å². The number of nitrogens with zero attached hydrogens (tertiary/aromatic N) is 1. The third-order valence-corrected chi connectivity index (χ3v) is 3.39. The molecule has 2 heterocycles. The Labute approximate surface area is 122 Å². The summed E-state index contributed by atoms with van der Waals surface area (Å²) in [5.74, 6) is -0.140. The minimum Gasteiger partial charge on any atom is -0.350 e. The van der Waals surface area contributed by atoms with Crippen molar-refractivity contribution in [2.45, 2.75) is 12.8 Å². The Morgan fingerprint density at radius 2 is 2.19 bits per heavy atom. The Morgan fingerprint density at radius 1 is 1.29 bits per heavy atom. The van der Waals surface area contributed by atoms with Gasteiger partial charge in [0.05, 0.1) is 6.42 Å². The van der Waals surface area contributed by atoms with Crippen LogP contribution in [-0.2, 0) is 17.6 Å². The second-order valence-corrected chi connectivity index (χ2v) is 4.94.